The van der Waals surface area contributed by atoms with Crippen molar-refractivity contribution in [1.29, 1.82) is 0 Å². The summed E-state index contributed by atoms with van der Waals surface area (Å²) in [5.74, 6) is 1.08. The van der Waals surface area contributed by atoms with Crippen molar-refractivity contribution in [3.63, 3.8) is 0 Å². The van der Waals surface area contributed by atoms with Crippen LogP contribution in [0.5, 0.6) is 0 Å². The monoisotopic (exact) mass is 255 g/mol. The SMILES string of the molecule is Cc1ccc(-c2nc(C)c3n2CC(N)CC3)c(C)c1. The van der Waals surface area contributed by atoms with E-state index < -0.39 is 0 Å². The molecule has 0 bridgehead atoms. The highest BCUT2D eigenvalue weighted by Gasteiger charge is 2.22. The lowest BCUT2D eigenvalue weighted by atomic mass is 10.0. The van der Waals surface area contributed by atoms with Crippen molar-refractivity contribution >= 4 is 0 Å². The van der Waals surface area contributed by atoms with E-state index in [0.29, 0.717) is 0 Å². The number of nitrogens with zero attached hydrogens (tertiary/aromatic N) is 2. The van der Waals surface area contributed by atoms with E-state index in [9.17, 15) is 0 Å². The lowest BCUT2D eigenvalue weighted by Gasteiger charge is -2.23. The minimum absolute atomic E-state index is 0.255. The van der Waals surface area contributed by atoms with Crippen molar-refractivity contribution in [1.82, 2.24) is 9.55 Å². The first kappa shape index (κ1) is 12.4. The summed E-state index contributed by atoms with van der Waals surface area (Å²) in [6.45, 7) is 7.27. The Balaban J connectivity index is 2.15. The number of aryl methyl sites for hydroxylation is 3. The molecule has 1 atom stereocenters. The van der Waals surface area contributed by atoms with Crippen LogP contribution in [-0.4, -0.2) is 15.6 Å². The van der Waals surface area contributed by atoms with Crippen LogP contribution in [0.4, 0.5) is 0 Å². The molecule has 1 aliphatic rings. The minimum Gasteiger partial charge on any atom is -0.326 e. The van der Waals surface area contributed by atoms with Gasteiger partial charge in [-0.25, -0.2) is 4.98 Å². The van der Waals surface area contributed by atoms with E-state index in [4.69, 9.17) is 10.7 Å². The smallest absolute Gasteiger partial charge is 0.140 e. The molecule has 1 aromatic carbocycles. The maximum atomic E-state index is 6.12. The summed E-state index contributed by atoms with van der Waals surface area (Å²) in [4.78, 5) is 4.79. The topological polar surface area (TPSA) is 43.8 Å². The van der Waals surface area contributed by atoms with Crippen LogP contribution in [-0.2, 0) is 13.0 Å². The van der Waals surface area contributed by atoms with Crippen molar-refractivity contribution < 1.29 is 0 Å². The lowest BCUT2D eigenvalue weighted by Crippen LogP contribution is -2.32. The summed E-state index contributed by atoms with van der Waals surface area (Å²) in [6, 6.07) is 6.81. The lowest BCUT2D eigenvalue weighted by molar-refractivity contribution is 0.462. The predicted molar refractivity (Wildman–Crippen MR) is 78.2 cm³/mol. The van der Waals surface area contributed by atoms with Crippen LogP contribution in [0.1, 0.15) is 28.9 Å². The normalized spacial score (nSPS) is 18.4. The van der Waals surface area contributed by atoms with Crippen LogP contribution < -0.4 is 5.73 Å². The molecule has 1 aliphatic heterocycles. The molecule has 2 N–H and O–H groups in total. The molecule has 19 heavy (non-hydrogen) atoms. The van der Waals surface area contributed by atoms with E-state index in [1.165, 1.54) is 22.4 Å². The third-order valence-electron chi connectivity index (χ3n) is 4.06. The van der Waals surface area contributed by atoms with Crippen LogP contribution in [0.2, 0.25) is 0 Å². The summed E-state index contributed by atoms with van der Waals surface area (Å²) in [6.07, 6.45) is 2.11. The Hall–Kier alpha value is -1.61. The van der Waals surface area contributed by atoms with Gasteiger partial charge in [0.1, 0.15) is 5.82 Å². The fourth-order valence-corrected chi connectivity index (χ4v) is 3.04. The van der Waals surface area contributed by atoms with E-state index in [2.05, 4.69) is 43.5 Å². The molecule has 3 heteroatoms. The minimum atomic E-state index is 0.255. The van der Waals surface area contributed by atoms with E-state index in [-0.39, 0.29) is 6.04 Å². The van der Waals surface area contributed by atoms with E-state index in [1.54, 1.807) is 0 Å². The molecule has 0 aliphatic carbocycles. The summed E-state index contributed by atoms with van der Waals surface area (Å²) in [5, 5.41) is 0. The zero-order valence-corrected chi connectivity index (χ0v) is 11.9. The average Bonchev–Trinajstić information content (AvgIpc) is 2.66. The van der Waals surface area contributed by atoms with Gasteiger partial charge in [0.05, 0.1) is 5.69 Å². The first-order valence-electron chi connectivity index (χ1n) is 6.95. The maximum Gasteiger partial charge on any atom is 0.140 e. The van der Waals surface area contributed by atoms with Crippen LogP contribution in [0.3, 0.4) is 0 Å². The molecule has 100 valence electrons. The number of hydrogen-bond acceptors (Lipinski definition) is 2. The van der Waals surface area contributed by atoms with Crippen molar-refractivity contribution in [3.8, 4) is 11.4 Å². The Morgan fingerprint density at radius 1 is 1.26 bits per heavy atom. The third kappa shape index (κ3) is 2.08. The van der Waals surface area contributed by atoms with Crippen molar-refractivity contribution in [2.24, 2.45) is 5.73 Å². The van der Waals surface area contributed by atoms with Gasteiger partial charge in [0.15, 0.2) is 0 Å². The molecule has 0 fully saturated rings. The van der Waals surface area contributed by atoms with Crippen LogP contribution in [0.15, 0.2) is 18.2 Å². The summed E-state index contributed by atoms with van der Waals surface area (Å²) < 4.78 is 2.32. The first-order chi connectivity index (χ1) is 9.06. The van der Waals surface area contributed by atoms with Crippen LogP contribution in [0, 0.1) is 20.8 Å². The second-order valence-corrected chi connectivity index (χ2v) is 5.70. The predicted octanol–water partition coefficient (Wildman–Crippen LogP) is 2.75. The van der Waals surface area contributed by atoms with Gasteiger partial charge in [-0.2, -0.15) is 0 Å². The molecular weight excluding hydrogens is 234 g/mol. The molecule has 0 saturated carbocycles. The zero-order chi connectivity index (χ0) is 13.6. The van der Waals surface area contributed by atoms with Gasteiger partial charge < -0.3 is 10.3 Å². The number of imidazole rings is 1. The fourth-order valence-electron chi connectivity index (χ4n) is 3.04. The van der Waals surface area contributed by atoms with E-state index in [1.807, 2.05) is 0 Å². The van der Waals surface area contributed by atoms with Gasteiger partial charge in [0.2, 0.25) is 0 Å². The number of hydrogen-bond donors (Lipinski definition) is 1. The average molecular weight is 255 g/mol. The number of fused-ring (bicyclic) bond motifs is 1. The number of aromatic nitrogens is 2. The number of nitrogens with two attached hydrogens (primary N) is 1. The molecule has 3 nitrogen and oxygen atoms in total. The Morgan fingerprint density at radius 2 is 2.05 bits per heavy atom. The highest BCUT2D eigenvalue weighted by Crippen LogP contribution is 2.29. The number of rotatable bonds is 1. The highest BCUT2D eigenvalue weighted by molar-refractivity contribution is 5.62. The largest absolute Gasteiger partial charge is 0.326 e. The Bertz CT molecular complexity index is 625. The summed E-state index contributed by atoms with van der Waals surface area (Å²) in [5.41, 5.74) is 12.4. The molecule has 0 saturated heterocycles. The van der Waals surface area contributed by atoms with Gasteiger partial charge in [-0.3, -0.25) is 0 Å². The van der Waals surface area contributed by atoms with Crippen molar-refractivity contribution in [2.45, 2.75) is 46.2 Å². The molecular formula is C16H21N3. The van der Waals surface area contributed by atoms with E-state index >= 15 is 0 Å². The van der Waals surface area contributed by atoms with Gasteiger partial charge in [-0.05, 0) is 39.2 Å². The standard InChI is InChI=1S/C16H21N3/c1-10-4-6-14(11(2)8-10)16-18-12(3)15-7-5-13(17)9-19(15)16/h4,6,8,13H,5,7,9,17H2,1-3H3. The second-order valence-electron chi connectivity index (χ2n) is 5.70. The Morgan fingerprint density at radius 3 is 2.79 bits per heavy atom. The molecule has 1 unspecified atom stereocenters. The van der Waals surface area contributed by atoms with Gasteiger partial charge in [0, 0.05) is 23.8 Å². The van der Waals surface area contributed by atoms with Gasteiger partial charge in [-0.1, -0.05) is 23.8 Å². The van der Waals surface area contributed by atoms with Crippen molar-refractivity contribution in [2.75, 3.05) is 0 Å². The third-order valence-corrected chi connectivity index (χ3v) is 4.06. The number of benzene rings is 1. The molecule has 0 radical (unpaired) electrons. The fraction of sp³-hybridized carbons (Fsp3) is 0.438. The molecule has 0 spiro atoms. The highest BCUT2D eigenvalue weighted by atomic mass is 15.1. The molecule has 2 aromatic rings. The molecule has 1 aromatic heterocycles. The van der Waals surface area contributed by atoms with Gasteiger partial charge in [0.25, 0.3) is 0 Å². The van der Waals surface area contributed by atoms with Crippen LogP contribution in [0.25, 0.3) is 11.4 Å². The summed E-state index contributed by atoms with van der Waals surface area (Å²) in [7, 11) is 0. The van der Waals surface area contributed by atoms with Crippen LogP contribution >= 0.6 is 0 Å². The molecule has 2 heterocycles. The zero-order valence-electron chi connectivity index (χ0n) is 11.9. The van der Waals surface area contributed by atoms with Crippen molar-refractivity contribution in [3.05, 3.63) is 40.7 Å². The van der Waals surface area contributed by atoms with E-state index in [0.717, 1.165) is 30.9 Å². The molecule has 0 amide bonds. The Labute approximate surface area is 114 Å². The summed E-state index contributed by atoms with van der Waals surface area (Å²) >= 11 is 0. The second kappa shape index (κ2) is 4.49. The quantitative estimate of drug-likeness (QED) is 0.851. The van der Waals surface area contributed by atoms with Gasteiger partial charge >= 0.3 is 0 Å². The maximum absolute atomic E-state index is 6.12. The molecule has 3 rings (SSSR count). The van der Waals surface area contributed by atoms with Gasteiger partial charge in [-0.15, -0.1) is 0 Å². The Kier molecular flexibility index (Phi) is 2.94. The first-order valence-corrected chi connectivity index (χ1v) is 6.95.